The summed E-state index contributed by atoms with van der Waals surface area (Å²) in [6.45, 7) is 7.03. The average Bonchev–Trinajstić information content (AvgIpc) is 2.83. The third-order valence-electron chi connectivity index (χ3n) is 7.17. The van der Waals surface area contributed by atoms with Gasteiger partial charge in [0.1, 0.15) is 23.4 Å². The summed E-state index contributed by atoms with van der Waals surface area (Å²) in [6, 6.07) is 26.5. The molecule has 0 unspecified atom stereocenters. The van der Waals surface area contributed by atoms with Crippen molar-refractivity contribution >= 4 is 11.8 Å². The van der Waals surface area contributed by atoms with Crippen molar-refractivity contribution in [2.75, 3.05) is 0 Å². The fourth-order valence-corrected chi connectivity index (χ4v) is 6.73. The Bertz CT molecular complexity index is 1090. The molecule has 172 valence electrons. The molecule has 1 aliphatic carbocycles. The van der Waals surface area contributed by atoms with Crippen molar-refractivity contribution in [1.82, 2.24) is 0 Å². The Morgan fingerprint density at radius 1 is 1.00 bits per heavy atom. The van der Waals surface area contributed by atoms with Crippen LogP contribution >= 0.6 is 11.8 Å². The van der Waals surface area contributed by atoms with E-state index in [1.54, 1.807) is 11.8 Å². The van der Waals surface area contributed by atoms with E-state index >= 15 is 0 Å². The maximum Gasteiger partial charge on any atom is 0.137 e. The molecule has 3 aromatic carbocycles. The fraction of sp³-hybridized carbons (Fsp3) is 0.379. The second kappa shape index (κ2) is 8.83. The lowest BCUT2D eigenvalue weighted by Gasteiger charge is -2.52. The van der Waals surface area contributed by atoms with Gasteiger partial charge in [0.25, 0.3) is 0 Å². The molecule has 4 atom stereocenters. The van der Waals surface area contributed by atoms with Gasteiger partial charge in [-0.3, -0.25) is 0 Å². The number of thioether (sulfide) groups is 1. The molecule has 1 saturated heterocycles. The molecular weight excluding hydrogens is 428 g/mol. The monoisotopic (exact) mass is 460 g/mol. The molecule has 0 aromatic heterocycles. The number of aliphatic hydroxyl groups is 1. The van der Waals surface area contributed by atoms with E-state index in [4.69, 9.17) is 9.47 Å². The first kappa shape index (κ1) is 22.5. The lowest BCUT2D eigenvalue weighted by molar-refractivity contribution is -0.121. The van der Waals surface area contributed by atoms with Crippen LogP contribution in [0.1, 0.15) is 55.5 Å². The largest absolute Gasteiger partial charge is 0.489 e. The maximum atomic E-state index is 11.6. The standard InChI is InChI=1S/C29H32O3S/c1-28(2)24-18-17-22-23(15-10-16-25(22)31-19-20-11-6-4-7-12-20)26(24)32-27(33-28)29(3,30)21-13-8-5-9-14-21/h4-16,24,26-27,30H,17-19H2,1-3H3/t24-,26+,27-,29+/m1/s1. The molecular formula is C29H32O3S. The zero-order valence-corrected chi connectivity index (χ0v) is 20.3. The highest BCUT2D eigenvalue weighted by atomic mass is 32.2. The van der Waals surface area contributed by atoms with Crippen LogP contribution in [-0.2, 0) is 23.4 Å². The summed E-state index contributed by atoms with van der Waals surface area (Å²) >= 11 is 1.76. The molecule has 1 N–H and O–H groups in total. The van der Waals surface area contributed by atoms with E-state index in [1.807, 2.05) is 55.5 Å². The predicted octanol–water partition coefficient (Wildman–Crippen LogP) is 6.64. The summed E-state index contributed by atoms with van der Waals surface area (Å²) < 4.78 is 13.0. The Labute approximate surface area is 201 Å². The number of ether oxygens (including phenoxy) is 2. The van der Waals surface area contributed by atoms with E-state index in [0.29, 0.717) is 12.5 Å². The number of benzene rings is 3. The lowest BCUT2D eigenvalue weighted by Crippen LogP contribution is -2.50. The van der Waals surface area contributed by atoms with E-state index in [9.17, 15) is 5.11 Å². The van der Waals surface area contributed by atoms with Crippen LogP contribution in [-0.4, -0.2) is 15.3 Å². The molecule has 5 rings (SSSR count). The molecule has 0 bridgehead atoms. The smallest absolute Gasteiger partial charge is 0.137 e. The van der Waals surface area contributed by atoms with Crippen LogP contribution in [0.15, 0.2) is 78.9 Å². The van der Waals surface area contributed by atoms with Crippen molar-refractivity contribution in [2.24, 2.45) is 5.92 Å². The van der Waals surface area contributed by atoms with Crippen molar-refractivity contribution < 1.29 is 14.6 Å². The first-order valence-corrected chi connectivity index (χ1v) is 12.6. The van der Waals surface area contributed by atoms with Gasteiger partial charge in [-0.25, -0.2) is 0 Å². The van der Waals surface area contributed by atoms with Crippen LogP contribution in [0, 0.1) is 5.92 Å². The number of hydrogen-bond acceptors (Lipinski definition) is 4. The van der Waals surface area contributed by atoms with E-state index in [0.717, 1.165) is 29.7 Å². The van der Waals surface area contributed by atoms with Gasteiger partial charge in [0.15, 0.2) is 0 Å². The summed E-state index contributed by atoms with van der Waals surface area (Å²) in [5.74, 6) is 1.32. The zero-order valence-electron chi connectivity index (χ0n) is 19.5. The molecule has 0 amide bonds. The highest BCUT2D eigenvalue weighted by molar-refractivity contribution is 8.01. The Morgan fingerprint density at radius 3 is 2.42 bits per heavy atom. The van der Waals surface area contributed by atoms with Gasteiger partial charge in [0.05, 0.1) is 6.10 Å². The molecule has 4 heteroatoms. The van der Waals surface area contributed by atoms with Gasteiger partial charge in [-0.15, -0.1) is 11.8 Å². The molecule has 1 fully saturated rings. The SMILES string of the molecule is CC1(C)S[C@H]([C@@](C)(O)c2ccccc2)O[C@H]2c3cccc(OCc4ccccc4)c3CC[C@H]21. The van der Waals surface area contributed by atoms with E-state index < -0.39 is 5.60 Å². The van der Waals surface area contributed by atoms with Crippen molar-refractivity contribution in [2.45, 2.75) is 62.1 Å². The van der Waals surface area contributed by atoms with Crippen molar-refractivity contribution in [3.8, 4) is 5.75 Å². The fourth-order valence-electron chi connectivity index (χ4n) is 5.22. The second-order valence-corrected chi connectivity index (χ2v) is 11.6. The van der Waals surface area contributed by atoms with Crippen molar-refractivity contribution in [1.29, 1.82) is 0 Å². The molecule has 1 aliphatic heterocycles. The van der Waals surface area contributed by atoms with Crippen LogP contribution in [0.25, 0.3) is 0 Å². The maximum absolute atomic E-state index is 11.6. The first-order chi connectivity index (χ1) is 15.9. The molecule has 0 spiro atoms. The zero-order chi connectivity index (χ0) is 23.1. The lowest BCUT2D eigenvalue weighted by atomic mass is 9.75. The summed E-state index contributed by atoms with van der Waals surface area (Å²) in [6.07, 6.45) is 1.96. The Balaban J connectivity index is 1.45. The second-order valence-electron chi connectivity index (χ2n) is 9.87. The van der Waals surface area contributed by atoms with Crippen molar-refractivity contribution in [3.05, 3.63) is 101 Å². The number of fused-ring (bicyclic) bond motifs is 3. The highest BCUT2D eigenvalue weighted by Gasteiger charge is 2.52. The Hall–Kier alpha value is -2.27. The van der Waals surface area contributed by atoms with Gasteiger partial charge in [0, 0.05) is 10.7 Å². The van der Waals surface area contributed by atoms with Gasteiger partial charge in [-0.2, -0.15) is 0 Å². The molecule has 33 heavy (non-hydrogen) atoms. The van der Waals surface area contributed by atoms with E-state index in [-0.39, 0.29) is 16.3 Å². The number of hydrogen-bond donors (Lipinski definition) is 1. The Kier molecular flexibility index (Phi) is 6.02. The van der Waals surface area contributed by atoms with Gasteiger partial charge < -0.3 is 14.6 Å². The van der Waals surface area contributed by atoms with Crippen LogP contribution < -0.4 is 4.74 Å². The third kappa shape index (κ3) is 4.32. The van der Waals surface area contributed by atoms with Crippen LogP contribution in [0.5, 0.6) is 5.75 Å². The number of rotatable bonds is 5. The van der Waals surface area contributed by atoms with E-state index in [1.165, 1.54) is 11.1 Å². The predicted molar refractivity (Wildman–Crippen MR) is 134 cm³/mol. The molecule has 1 heterocycles. The molecule has 3 aromatic rings. The average molecular weight is 461 g/mol. The minimum absolute atomic E-state index is 0.0229. The van der Waals surface area contributed by atoms with Gasteiger partial charge in [-0.05, 0) is 48.1 Å². The summed E-state index contributed by atoms with van der Waals surface area (Å²) in [7, 11) is 0. The molecule has 3 nitrogen and oxygen atoms in total. The van der Waals surface area contributed by atoms with Crippen LogP contribution in [0.4, 0.5) is 0 Å². The first-order valence-electron chi connectivity index (χ1n) is 11.8. The Morgan fingerprint density at radius 2 is 1.70 bits per heavy atom. The van der Waals surface area contributed by atoms with Gasteiger partial charge in [0.2, 0.25) is 0 Å². The highest BCUT2D eigenvalue weighted by Crippen LogP contribution is 2.57. The summed E-state index contributed by atoms with van der Waals surface area (Å²) in [4.78, 5) is 0. The van der Waals surface area contributed by atoms with Gasteiger partial charge in [-0.1, -0.05) is 86.6 Å². The minimum Gasteiger partial charge on any atom is -0.489 e. The third-order valence-corrected chi connectivity index (χ3v) is 8.87. The minimum atomic E-state index is -1.09. The van der Waals surface area contributed by atoms with E-state index in [2.05, 4.69) is 44.2 Å². The summed E-state index contributed by atoms with van der Waals surface area (Å²) in [5.41, 5.74) is 3.04. The summed E-state index contributed by atoms with van der Waals surface area (Å²) in [5, 5.41) is 11.6. The van der Waals surface area contributed by atoms with Crippen molar-refractivity contribution in [3.63, 3.8) is 0 Å². The van der Waals surface area contributed by atoms with Gasteiger partial charge >= 0.3 is 0 Å². The molecule has 0 radical (unpaired) electrons. The van der Waals surface area contributed by atoms with Crippen LogP contribution in [0.3, 0.4) is 0 Å². The van der Waals surface area contributed by atoms with Crippen LogP contribution in [0.2, 0.25) is 0 Å². The normalized spacial score (nSPS) is 25.4. The molecule has 2 aliphatic rings. The molecule has 0 saturated carbocycles. The topological polar surface area (TPSA) is 38.7 Å². The quantitative estimate of drug-likeness (QED) is 0.463.